The molecule has 3 rings (SSSR count). The van der Waals surface area contributed by atoms with Crippen LogP contribution in [0.4, 0.5) is 0 Å². The van der Waals surface area contributed by atoms with E-state index in [9.17, 15) is 4.79 Å². The zero-order valence-corrected chi connectivity index (χ0v) is 13.3. The molecule has 21 heavy (non-hydrogen) atoms. The number of aromatic nitrogens is 2. The SMILES string of the molecule is Cc1c(C(=O)N2CCN(Cc3ccsc3)CC2)cnn1C. The summed E-state index contributed by atoms with van der Waals surface area (Å²) in [5.74, 6) is 0.107. The molecule has 0 atom stereocenters. The highest BCUT2D eigenvalue weighted by Gasteiger charge is 2.24. The van der Waals surface area contributed by atoms with Crippen LogP contribution in [0.5, 0.6) is 0 Å². The third-order valence-corrected chi connectivity index (χ3v) is 4.84. The van der Waals surface area contributed by atoms with Gasteiger partial charge in [0.15, 0.2) is 0 Å². The molecule has 112 valence electrons. The average Bonchev–Trinajstić information content (AvgIpc) is 3.11. The summed E-state index contributed by atoms with van der Waals surface area (Å²) in [6.07, 6.45) is 1.68. The second kappa shape index (κ2) is 5.99. The van der Waals surface area contributed by atoms with Crippen molar-refractivity contribution in [2.75, 3.05) is 26.2 Å². The molecule has 0 aliphatic carbocycles. The van der Waals surface area contributed by atoms with Crippen molar-refractivity contribution in [3.8, 4) is 0 Å². The lowest BCUT2D eigenvalue weighted by Gasteiger charge is -2.34. The number of aryl methyl sites for hydroxylation is 1. The van der Waals surface area contributed by atoms with Gasteiger partial charge in [0.05, 0.1) is 11.8 Å². The van der Waals surface area contributed by atoms with Crippen LogP contribution < -0.4 is 0 Å². The maximum Gasteiger partial charge on any atom is 0.257 e. The first-order valence-electron chi connectivity index (χ1n) is 7.16. The molecule has 1 fully saturated rings. The fourth-order valence-corrected chi connectivity index (χ4v) is 3.29. The monoisotopic (exact) mass is 304 g/mol. The summed E-state index contributed by atoms with van der Waals surface area (Å²) in [4.78, 5) is 16.9. The van der Waals surface area contributed by atoms with Gasteiger partial charge < -0.3 is 4.90 Å². The minimum absolute atomic E-state index is 0.107. The number of rotatable bonds is 3. The summed E-state index contributed by atoms with van der Waals surface area (Å²) in [5.41, 5.74) is 3.02. The quantitative estimate of drug-likeness (QED) is 0.867. The Morgan fingerprint density at radius 1 is 1.33 bits per heavy atom. The molecular formula is C15H20N4OS. The van der Waals surface area contributed by atoms with E-state index in [1.165, 1.54) is 5.56 Å². The number of amides is 1. The minimum atomic E-state index is 0.107. The fraction of sp³-hybridized carbons (Fsp3) is 0.467. The van der Waals surface area contributed by atoms with Crippen molar-refractivity contribution in [2.24, 2.45) is 7.05 Å². The molecular weight excluding hydrogens is 284 g/mol. The largest absolute Gasteiger partial charge is 0.336 e. The van der Waals surface area contributed by atoms with Crippen LogP contribution in [0, 0.1) is 6.92 Å². The minimum Gasteiger partial charge on any atom is -0.336 e. The Hall–Kier alpha value is -1.66. The molecule has 0 N–H and O–H groups in total. The molecule has 0 unspecified atom stereocenters. The summed E-state index contributed by atoms with van der Waals surface area (Å²) in [6.45, 7) is 6.36. The second-order valence-corrected chi connectivity index (χ2v) is 6.25. The van der Waals surface area contributed by atoms with Crippen molar-refractivity contribution in [2.45, 2.75) is 13.5 Å². The standard InChI is InChI=1S/C15H20N4OS/c1-12-14(9-16-17(12)2)15(20)19-6-4-18(5-7-19)10-13-3-8-21-11-13/h3,8-9,11H,4-7,10H2,1-2H3. The van der Waals surface area contributed by atoms with E-state index in [2.05, 4.69) is 26.8 Å². The first-order chi connectivity index (χ1) is 10.1. The van der Waals surface area contributed by atoms with E-state index in [-0.39, 0.29) is 5.91 Å². The lowest BCUT2D eigenvalue weighted by molar-refractivity contribution is 0.0628. The van der Waals surface area contributed by atoms with Crippen LogP contribution in [0.25, 0.3) is 0 Å². The van der Waals surface area contributed by atoms with Crippen molar-refractivity contribution >= 4 is 17.2 Å². The Bertz CT molecular complexity index is 612. The molecule has 5 nitrogen and oxygen atoms in total. The van der Waals surface area contributed by atoms with Gasteiger partial charge in [-0.05, 0) is 29.3 Å². The maximum atomic E-state index is 12.5. The van der Waals surface area contributed by atoms with E-state index in [1.807, 2.05) is 18.9 Å². The Morgan fingerprint density at radius 3 is 2.67 bits per heavy atom. The van der Waals surface area contributed by atoms with Crippen LogP contribution in [0.15, 0.2) is 23.0 Å². The second-order valence-electron chi connectivity index (χ2n) is 5.47. The van der Waals surface area contributed by atoms with E-state index in [4.69, 9.17) is 0 Å². The lowest BCUT2D eigenvalue weighted by atomic mass is 10.2. The van der Waals surface area contributed by atoms with Gasteiger partial charge >= 0.3 is 0 Å². The van der Waals surface area contributed by atoms with E-state index in [0.29, 0.717) is 0 Å². The van der Waals surface area contributed by atoms with E-state index >= 15 is 0 Å². The van der Waals surface area contributed by atoms with Crippen LogP contribution in [0.2, 0.25) is 0 Å². The van der Waals surface area contributed by atoms with Crippen LogP contribution >= 0.6 is 11.3 Å². The number of nitrogens with zero attached hydrogens (tertiary/aromatic N) is 4. The summed E-state index contributed by atoms with van der Waals surface area (Å²) < 4.78 is 1.75. The van der Waals surface area contributed by atoms with Gasteiger partial charge in [-0.1, -0.05) is 0 Å². The Morgan fingerprint density at radius 2 is 2.10 bits per heavy atom. The number of thiophene rings is 1. The predicted molar refractivity (Wildman–Crippen MR) is 83.4 cm³/mol. The third kappa shape index (κ3) is 3.01. The molecule has 0 spiro atoms. The normalized spacial score (nSPS) is 16.4. The molecule has 2 aromatic heterocycles. The van der Waals surface area contributed by atoms with Crippen molar-refractivity contribution in [1.29, 1.82) is 0 Å². The highest BCUT2D eigenvalue weighted by molar-refractivity contribution is 7.07. The van der Waals surface area contributed by atoms with Crippen LogP contribution in [-0.4, -0.2) is 51.7 Å². The van der Waals surface area contributed by atoms with Crippen molar-refractivity contribution < 1.29 is 4.79 Å². The highest BCUT2D eigenvalue weighted by Crippen LogP contribution is 2.14. The smallest absolute Gasteiger partial charge is 0.257 e. The maximum absolute atomic E-state index is 12.5. The van der Waals surface area contributed by atoms with Gasteiger partial charge in [0, 0.05) is 45.5 Å². The zero-order chi connectivity index (χ0) is 14.8. The van der Waals surface area contributed by atoms with Crippen LogP contribution in [0.3, 0.4) is 0 Å². The average molecular weight is 304 g/mol. The van der Waals surface area contributed by atoms with E-state index in [1.54, 1.807) is 22.2 Å². The third-order valence-electron chi connectivity index (χ3n) is 4.11. The topological polar surface area (TPSA) is 41.4 Å². The van der Waals surface area contributed by atoms with Gasteiger partial charge in [0.25, 0.3) is 5.91 Å². The van der Waals surface area contributed by atoms with Gasteiger partial charge in [-0.25, -0.2) is 0 Å². The molecule has 0 bridgehead atoms. The van der Waals surface area contributed by atoms with E-state index in [0.717, 1.165) is 44.0 Å². The molecule has 1 saturated heterocycles. The van der Waals surface area contributed by atoms with Crippen molar-refractivity contribution in [3.05, 3.63) is 39.8 Å². The molecule has 0 saturated carbocycles. The van der Waals surface area contributed by atoms with Crippen molar-refractivity contribution in [1.82, 2.24) is 19.6 Å². The van der Waals surface area contributed by atoms with Gasteiger partial charge in [-0.3, -0.25) is 14.4 Å². The first-order valence-corrected chi connectivity index (χ1v) is 8.11. The van der Waals surface area contributed by atoms with Gasteiger partial charge in [0.2, 0.25) is 0 Å². The highest BCUT2D eigenvalue weighted by atomic mass is 32.1. The molecule has 0 radical (unpaired) electrons. The Labute approximate surface area is 128 Å². The van der Waals surface area contributed by atoms with Gasteiger partial charge in [0.1, 0.15) is 0 Å². The molecule has 0 aromatic carbocycles. The Balaban J connectivity index is 1.58. The zero-order valence-electron chi connectivity index (χ0n) is 12.5. The number of carbonyl (C=O) groups is 1. The van der Waals surface area contributed by atoms with Gasteiger partial charge in [-0.15, -0.1) is 0 Å². The molecule has 3 heterocycles. The fourth-order valence-electron chi connectivity index (χ4n) is 2.63. The first kappa shape index (κ1) is 14.3. The van der Waals surface area contributed by atoms with Gasteiger partial charge in [-0.2, -0.15) is 16.4 Å². The predicted octanol–water partition coefficient (Wildman–Crippen LogP) is 1.75. The summed E-state index contributed by atoms with van der Waals surface area (Å²) in [5, 5.41) is 8.46. The summed E-state index contributed by atoms with van der Waals surface area (Å²) in [7, 11) is 1.87. The molecule has 1 aliphatic rings. The summed E-state index contributed by atoms with van der Waals surface area (Å²) in [6, 6.07) is 2.17. The molecule has 1 amide bonds. The van der Waals surface area contributed by atoms with Crippen LogP contribution in [0.1, 0.15) is 21.6 Å². The number of piperazine rings is 1. The summed E-state index contributed by atoms with van der Waals surface area (Å²) >= 11 is 1.73. The van der Waals surface area contributed by atoms with Crippen molar-refractivity contribution in [3.63, 3.8) is 0 Å². The lowest BCUT2D eigenvalue weighted by Crippen LogP contribution is -2.48. The molecule has 1 aliphatic heterocycles. The number of hydrogen-bond donors (Lipinski definition) is 0. The van der Waals surface area contributed by atoms with E-state index < -0.39 is 0 Å². The Kier molecular flexibility index (Phi) is 4.07. The van der Waals surface area contributed by atoms with Crippen LogP contribution in [-0.2, 0) is 13.6 Å². The molecule has 6 heteroatoms. The number of hydrogen-bond acceptors (Lipinski definition) is 4. The number of carbonyl (C=O) groups excluding carboxylic acids is 1. The molecule has 2 aromatic rings.